The van der Waals surface area contributed by atoms with Crippen LogP contribution in [0.5, 0.6) is 0 Å². The lowest BCUT2D eigenvalue weighted by atomic mass is 10.2. The molecule has 0 fully saturated rings. The average Bonchev–Trinajstić information content (AvgIpc) is 2.19. The zero-order valence-electron chi connectivity index (χ0n) is 10.6. The maximum absolute atomic E-state index is 10.2. The lowest BCUT2D eigenvalue weighted by molar-refractivity contribution is -0.356. The second-order valence-corrected chi connectivity index (χ2v) is 4.28. The second kappa shape index (κ2) is 7.92. The number of carbonyl (C=O) groups is 1. The predicted molar refractivity (Wildman–Crippen MR) is 60.5 cm³/mol. The highest BCUT2D eigenvalue weighted by Gasteiger charge is 2.16. The van der Waals surface area contributed by atoms with Gasteiger partial charge >= 0.3 is 6.16 Å². The van der Waals surface area contributed by atoms with Crippen LogP contribution in [0.2, 0.25) is 0 Å². The molecule has 0 aliphatic heterocycles. The highest BCUT2D eigenvalue weighted by molar-refractivity contribution is 5.56. The van der Waals surface area contributed by atoms with E-state index in [0.29, 0.717) is 0 Å². The van der Waals surface area contributed by atoms with E-state index in [1.54, 1.807) is 13.0 Å². The fourth-order valence-corrected chi connectivity index (χ4v) is 0.767. The minimum Gasteiger partial charge on any atom is -0.492 e. The molecule has 0 aromatic heterocycles. The quantitative estimate of drug-likeness (QED) is 0.322. The number of hydrogen-bond acceptors (Lipinski definition) is 5. The zero-order chi connectivity index (χ0) is 13.3. The molecule has 6 nitrogen and oxygen atoms in total. The summed E-state index contributed by atoms with van der Waals surface area (Å²) in [5.41, 5.74) is -0.432. The summed E-state index contributed by atoms with van der Waals surface area (Å²) in [7, 11) is 0. The van der Waals surface area contributed by atoms with Gasteiger partial charge in [-0.1, -0.05) is 6.08 Å². The van der Waals surface area contributed by atoms with Crippen LogP contribution >= 0.6 is 0 Å². The Morgan fingerprint density at radius 3 is 2.47 bits per heavy atom. The van der Waals surface area contributed by atoms with Gasteiger partial charge in [-0.3, -0.25) is 0 Å². The molecule has 0 aromatic carbocycles. The summed E-state index contributed by atoms with van der Waals surface area (Å²) in [5.74, 6) is 0. The Morgan fingerprint density at radius 1 is 1.35 bits per heavy atom. The summed E-state index contributed by atoms with van der Waals surface area (Å²) in [6.45, 7) is 7.25. The van der Waals surface area contributed by atoms with Crippen LogP contribution in [0.1, 0.15) is 27.7 Å². The molecular weight excluding hydrogens is 228 g/mol. The first-order valence-electron chi connectivity index (χ1n) is 5.28. The molecule has 0 heterocycles. The van der Waals surface area contributed by atoms with Gasteiger partial charge in [-0.15, -0.1) is 0 Å². The first-order chi connectivity index (χ1) is 7.85. The van der Waals surface area contributed by atoms with Crippen molar-refractivity contribution in [2.45, 2.75) is 39.4 Å². The van der Waals surface area contributed by atoms with Crippen molar-refractivity contribution < 1.29 is 29.1 Å². The van der Waals surface area contributed by atoms with Gasteiger partial charge < -0.3 is 14.6 Å². The minimum atomic E-state index is -1.35. The van der Waals surface area contributed by atoms with E-state index in [-0.39, 0.29) is 13.2 Å². The minimum absolute atomic E-state index is 0.0783. The maximum atomic E-state index is 10.2. The SMILES string of the molecule is CC=COC(COOC(C)(C)C)COC(=O)O. The van der Waals surface area contributed by atoms with E-state index in [2.05, 4.69) is 4.74 Å². The Balaban J connectivity index is 3.96. The average molecular weight is 248 g/mol. The Hall–Kier alpha value is -1.27. The van der Waals surface area contributed by atoms with E-state index in [0.717, 1.165) is 0 Å². The fourth-order valence-electron chi connectivity index (χ4n) is 0.767. The largest absolute Gasteiger partial charge is 0.505 e. The number of carboxylic acid groups (broad SMARTS) is 1. The van der Waals surface area contributed by atoms with Gasteiger partial charge in [-0.05, 0) is 27.7 Å². The van der Waals surface area contributed by atoms with E-state index in [1.165, 1.54) is 6.26 Å². The molecule has 0 bridgehead atoms. The Morgan fingerprint density at radius 2 is 2.00 bits per heavy atom. The second-order valence-electron chi connectivity index (χ2n) is 4.28. The van der Waals surface area contributed by atoms with Gasteiger partial charge in [0.1, 0.15) is 13.2 Å². The van der Waals surface area contributed by atoms with Crippen LogP contribution in [0.25, 0.3) is 0 Å². The molecule has 100 valence electrons. The number of rotatable bonds is 7. The van der Waals surface area contributed by atoms with Crippen molar-refractivity contribution in [1.82, 2.24) is 0 Å². The fraction of sp³-hybridized carbons (Fsp3) is 0.727. The first-order valence-corrected chi connectivity index (χ1v) is 5.28. The topological polar surface area (TPSA) is 74.2 Å². The van der Waals surface area contributed by atoms with E-state index in [4.69, 9.17) is 19.6 Å². The highest BCUT2D eigenvalue weighted by atomic mass is 17.2. The third kappa shape index (κ3) is 11.0. The molecule has 6 heteroatoms. The molecule has 0 spiro atoms. The molecule has 1 N–H and O–H groups in total. The third-order valence-corrected chi connectivity index (χ3v) is 1.36. The standard InChI is InChI=1S/C11H20O6/c1-5-6-14-9(7-15-10(12)13)8-16-17-11(2,3)4/h5-6,9H,7-8H2,1-4H3,(H,12,13). The molecule has 0 aliphatic rings. The molecule has 0 aliphatic carbocycles. The van der Waals surface area contributed by atoms with Crippen LogP contribution in [0.4, 0.5) is 4.79 Å². The third-order valence-electron chi connectivity index (χ3n) is 1.36. The smallest absolute Gasteiger partial charge is 0.492 e. The van der Waals surface area contributed by atoms with Crippen molar-refractivity contribution in [1.29, 1.82) is 0 Å². The van der Waals surface area contributed by atoms with Crippen LogP contribution < -0.4 is 0 Å². The first kappa shape index (κ1) is 15.7. The van der Waals surface area contributed by atoms with Gasteiger partial charge in [0.05, 0.1) is 11.9 Å². The number of allylic oxidation sites excluding steroid dienone is 1. The zero-order valence-corrected chi connectivity index (χ0v) is 10.6. The van der Waals surface area contributed by atoms with Crippen LogP contribution in [-0.2, 0) is 19.2 Å². The Bertz CT molecular complexity index is 243. The highest BCUT2D eigenvalue weighted by Crippen LogP contribution is 2.08. The van der Waals surface area contributed by atoms with Gasteiger partial charge in [0.25, 0.3) is 0 Å². The molecule has 17 heavy (non-hydrogen) atoms. The van der Waals surface area contributed by atoms with Gasteiger partial charge in [0.2, 0.25) is 0 Å². The molecule has 0 rings (SSSR count). The summed E-state index contributed by atoms with van der Waals surface area (Å²) in [6, 6.07) is 0. The van der Waals surface area contributed by atoms with Crippen molar-refractivity contribution in [2.24, 2.45) is 0 Å². The van der Waals surface area contributed by atoms with Gasteiger partial charge in [-0.25, -0.2) is 14.6 Å². The van der Waals surface area contributed by atoms with E-state index < -0.39 is 17.9 Å². The van der Waals surface area contributed by atoms with E-state index in [1.807, 2.05) is 20.8 Å². The van der Waals surface area contributed by atoms with Crippen molar-refractivity contribution in [3.05, 3.63) is 12.3 Å². The summed E-state index contributed by atoms with van der Waals surface area (Å²) in [5, 5.41) is 8.37. The van der Waals surface area contributed by atoms with Gasteiger partial charge in [-0.2, -0.15) is 0 Å². The Labute approximate surface area is 101 Å². The predicted octanol–water partition coefficient (Wildman–Crippen LogP) is 2.35. The van der Waals surface area contributed by atoms with E-state index >= 15 is 0 Å². The monoisotopic (exact) mass is 248 g/mol. The molecule has 1 unspecified atom stereocenters. The van der Waals surface area contributed by atoms with Crippen LogP contribution in [0.3, 0.4) is 0 Å². The molecule has 0 saturated heterocycles. The van der Waals surface area contributed by atoms with Crippen molar-refractivity contribution in [3.63, 3.8) is 0 Å². The molecule has 0 amide bonds. The molecule has 1 atom stereocenters. The van der Waals surface area contributed by atoms with Crippen LogP contribution in [0, 0.1) is 0 Å². The lowest BCUT2D eigenvalue weighted by Gasteiger charge is -2.20. The number of ether oxygens (including phenoxy) is 2. The summed E-state index contributed by atoms with van der Waals surface area (Å²) >= 11 is 0. The van der Waals surface area contributed by atoms with Crippen LogP contribution in [-0.4, -0.2) is 36.2 Å². The maximum Gasteiger partial charge on any atom is 0.505 e. The Kier molecular flexibility index (Phi) is 7.32. The number of hydrogen-bond donors (Lipinski definition) is 1. The van der Waals surface area contributed by atoms with Crippen molar-refractivity contribution in [2.75, 3.05) is 13.2 Å². The van der Waals surface area contributed by atoms with Crippen molar-refractivity contribution in [3.8, 4) is 0 Å². The van der Waals surface area contributed by atoms with Gasteiger partial charge in [0, 0.05) is 0 Å². The summed E-state index contributed by atoms with van der Waals surface area (Å²) in [4.78, 5) is 20.2. The summed E-state index contributed by atoms with van der Waals surface area (Å²) in [6.07, 6.45) is 1.23. The normalized spacial score (nSPS) is 13.6. The molecular formula is C11H20O6. The van der Waals surface area contributed by atoms with E-state index in [9.17, 15) is 4.79 Å². The molecule has 0 saturated carbocycles. The van der Waals surface area contributed by atoms with Crippen molar-refractivity contribution >= 4 is 6.16 Å². The lowest BCUT2D eigenvalue weighted by Crippen LogP contribution is -2.28. The molecule has 0 aromatic rings. The van der Waals surface area contributed by atoms with Gasteiger partial charge in [0.15, 0.2) is 6.10 Å². The van der Waals surface area contributed by atoms with Crippen LogP contribution in [0.15, 0.2) is 12.3 Å². The summed E-state index contributed by atoms with van der Waals surface area (Å²) < 4.78 is 9.59. The molecule has 0 radical (unpaired) electrons.